The minimum Gasteiger partial charge on any atom is -0.486 e. The largest absolute Gasteiger partial charge is 0.486 e. The molecule has 3 rings (SSSR count). The van der Waals surface area contributed by atoms with Crippen LogP contribution in [0.4, 0.5) is 5.69 Å². The van der Waals surface area contributed by atoms with Crippen LogP contribution in [0.15, 0.2) is 42.5 Å². The Kier molecular flexibility index (Phi) is 6.31. The first kappa shape index (κ1) is 20.3. The summed E-state index contributed by atoms with van der Waals surface area (Å²) in [5.41, 5.74) is 1.37. The molecule has 0 radical (unpaired) electrons. The summed E-state index contributed by atoms with van der Waals surface area (Å²) < 4.78 is 36.4. The standard InChI is InChI=1S/C19H21ClN2O5S/c1-28(24,25)22(16-6-7-17-18(12-16)27-11-10-26-17)13-19(23)21-9-8-14-2-4-15(20)5-3-14/h2-7,12H,8-11,13H2,1H3,(H,21,23). The maximum absolute atomic E-state index is 12.3. The van der Waals surface area contributed by atoms with Gasteiger partial charge in [-0.05, 0) is 36.2 Å². The fraction of sp³-hybridized carbons (Fsp3) is 0.316. The van der Waals surface area contributed by atoms with Crippen molar-refractivity contribution in [3.8, 4) is 11.5 Å². The van der Waals surface area contributed by atoms with Crippen molar-refractivity contribution in [3.63, 3.8) is 0 Å². The number of rotatable bonds is 7. The zero-order valence-corrected chi connectivity index (χ0v) is 16.9. The van der Waals surface area contributed by atoms with Gasteiger partial charge in [-0.25, -0.2) is 8.42 Å². The number of carbonyl (C=O) groups is 1. The van der Waals surface area contributed by atoms with Crippen LogP contribution in [0.5, 0.6) is 11.5 Å². The number of anilines is 1. The lowest BCUT2D eigenvalue weighted by Gasteiger charge is -2.24. The third kappa shape index (κ3) is 5.30. The van der Waals surface area contributed by atoms with Crippen molar-refractivity contribution in [2.75, 3.05) is 36.9 Å². The fourth-order valence-electron chi connectivity index (χ4n) is 2.77. The molecule has 0 unspecified atom stereocenters. The second-order valence-corrected chi connectivity index (χ2v) is 8.67. The minimum atomic E-state index is -3.66. The molecule has 0 bridgehead atoms. The highest BCUT2D eigenvalue weighted by Crippen LogP contribution is 2.34. The molecule has 2 aromatic carbocycles. The number of carbonyl (C=O) groups excluding carboxylic acids is 1. The van der Waals surface area contributed by atoms with E-state index in [1.54, 1.807) is 30.3 Å². The Balaban J connectivity index is 1.64. The number of nitrogens with zero attached hydrogens (tertiary/aromatic N) is 1. The molecule has 1 aliphatic rings. The van der Waals surface area contributed by atoms with Gasteiger partial charge in [0.1, 0.15) is 19.8 Å². The number of fused-ring (bicyclic) bond motifs is 1. The molecule has 0 aromatic heterocycles. The number of ether oxygens (including phenoxy) is 2. The number of benzene rings is 2. The predicted molar refractivity (Wildman–Crippen MR) is 108 cm³/mol. The smallest absolute Gasteiger partial charge is 0.240 e. The molecule has 0 saturated carbocycles. The van der Waals surface area contributed by atoms with Gasteiger partial charge in [-0.3, -0.25) is 9.10 Å². The molecule has 0 fully saturated rings. The lowest BCUT2D eigenvalue weighted by atomic mass is 10.1. The van der Waals surface area contributed by atoms with Crippen LogP contribution in [0.25, 0.3) is 0 Å². The highest BCUT2D eigenvalue weighted by Gasteiger charge is 2.23. The minimum absolute atomic E-state index is 0.320. The van der Waals surface area contributed by atoms with E-state index >= 15 is 0 Å². The molecule has 0 atom stereocenters. The van der Waals surface area contributed by atoms with Gasteiger partial charge in [-0.1, -0.05) is 23.7 Å². The van der Waals surface area contributed by atoms with Crippen molar-refractivity contribution >= 4 is 33.2 Å². The van der Waals surface area contributed by atoms with E-state index in [4.69, 9.17) is 21.1 Å². The Hall–Kier alpha value is -2.45. The van der Waals surface area contributed by atoms with Crippen LogP contribution < -0.4 is 19.1 Å². The number of hydrogen-bond donors (Lipinski definition) is 1. The van der Waals surface area contributed by atoms with E-state index < -0.39 is 15.9 Å². The van der Waals surface area contributed by atoms with Crippen molar-refractivity contribution in [2.24, 2.45) is 0 Å². The van der Waals surface area contributed by atoms with Crippen molar-refractivity contribution in [2.45, 2.75) is 6.42 Å². The van der Waals surface area contributed by atoms with Gasteiger partial charge in [-0.15, -0.1) is 0 Å². The number of amides is 1. The second-order valence-electron chi connectivity index (χ2n) is 6.32. The Morgan fingerprint density at radius 3 is 2.46 bits per heavy atom. The van der Waals surface area contributed by atoms with E-state index in [1.165, 1.54) is 0 Å². The number of hydrogen-bond acceptors (Lipinski definition) is 5. The van der Waals surface area contributed by atoms with Gasteiger partial charge in [0.2, 0.25) is 15.9 Å². The molecular weight excluding hydrogens is 404 g/mol. The second kappa shape index (κ2) is 8.70. The Labute approximate surface area is 169 Å². The van der Waals surface area contributed by atoms with Crippen LogP contribution >= 0.6 is 11.6 Å². The van der Waals surface area contributed by atoms with Crippen LogP contribution in [0.1, 0.15) is 5.56 Å². The molecule has 2 aromatic rings. The maximum atomic E-state index is 12.3. The third-order valence-corrected chi connectivity index (χ3v) is 5.54. The summed E-state index contributed by atoms with van der Waals surface area (Å²) in [6.45, 7) is 0.900. The molecule has 0 saturated heterocycles. The summed E-state index contributed by atoms with van der Waals surface area (Å²) >= 11 is 5.85. The molecular formula is C19H21ClN2O5S. The lowest BCUT2D eigenvalue weighted by molar-refractivity contribution is -0.119. The summed E-state index contributed by atoms with van der Waals surface area (Å²) in [5, 5.41) is 3.40. The molecule has 1 N–H and O–H groups in total. The quantitative estimate of drug-likeness (QED) is 0.736. The Morgan fingerprint density at radius 1 is 1.11 bits per heavy atom. The van der Waals surface area contributed by atoms with Crippen LogP contribution in [0, 0.1) is 0 Å². The average Bonchev–Trinajstić information content (AvgIpc) is 2.66. The summed E-state index contributed by atoms with van der Waals surface area (Å²) in [7, 11) is -3.66. The first-order chi connectivity index (χ1) is 13.3. The van der Waals surface area contributed by atoms with Gasteiger partial charge in [0.25, 0.3) is 0 Å². The predicted octanol–water partition coefficient (Wildman–Crippen LogP) is 2.24. The SMILES string of the molecule is CS(=O)(=O)N(CC(=O)NCCc1ccc(Cl)cc1)c1ccc2c(c1)OCCO2. The van der Waals surface area contributed by atoms with E-state index in [2.05, 4.69) is 5.32 Å². The van der Waals surface area contributed by atoms with Crippen molar-refractivity contribution in [3.05, 3.63) is 53.1 Å². The Bertz CT molecular complexity index is 947. The zero-order valence-electron chi connectivity index (χ0n) is 15.4. The van der Waals surface area contributed by atoms with E-state index in [0.29, 0.717) is 48.4 Å². The van der Waals surface area contributed by atoms with Gasteiger partial charge in [0, 0.05) is 17.6 Å². The number of nitrogens with one attached hydrogen (secondary N) is 1. The Morgan fingerprint density at radius 2 is 1.79 bits per heavy atom. The van der Waals surface area contributed by atoms with E-state index in [-0.39, 0.29) is 6.54 Å². The topological polar surface area (TPSA) is 84.9 Å². The maximum Gasteiger partial charge on any atom is 0.240 e. The molecule has 0 aliphatic carbocycles. The van der Waals surface area contributed by atoms with E-state index in [9.17, 15) is 13.2 Å². The molecule has 1 amide bonds. The van der Waals surface area contributed by atoms with Crippen LogP contribution in [-0.4, -0.2) is 46.9 Å². The van der Waals surface area contributed by atoms with Crippen molar-refractivity contribution < 1.29 is 22.7 Å². The summed E-state index contributed by atoms with van der Waals surface area (Å²) in [6, 6.07) is 12.1. The van der Waals surface area contributed by atoms with Gasteiger partial charge in [-0.2, -0.15) is 0 Å². The molecule has 150 valence electrons. The summed E-state index contributed by atoms with van der Waals surface area (Å²) in [6.07, 6.45) is 1.68. The number of halogens is 1. The van der Waals surface area contributed by atoms with Gasteiger partial charge >= 0.3 is 0 Å². The molecule has 0 spiro atoms. The van der Waals surface area contributed by atoms with Crippen LogP contribution in [0.2, 0.25) is 5.02 Å². The highest BCUT2D eigenvalue weighted by molar-refractivity contribution is 7.92. The number of sulfonamides is 1. The van der Waals surface area contributed by atoms with Gasteiger partial charge < -0.3 is 14.8 Å². The first-order valence-corrected chi connectivity index (χ1v) is 10.9. The molecule has 1 aliphatic heterocycles. The van der Waals surface area contributed by atoms with Crippen molar-refractivity contribution in [1.29, 1.82) is 0 Å². The molecule has 1 heterocycles. The van der Waals surface area contributed by atoms with Crippen LogP contribution in [0.3, 0.4) is 0 Å². The monoisotopic (exact) mass is 424 g/mol. The van der Waals surface area contributed by atoms with Gasteiger partial charge in [0.15, 0.2) is 11.5 Å². The molecule has 9 heteroatoms. The normalized spacial score (nSPS) is 13.1. The van der Waals surface area contributed by atoms with E-state index in [0.717, 1.165) is 16.1 Å². The van der Waals surface area contributed by atoms with Crippen LogP contribution in [-0.2, 0) is 21.2 Å². The lowest BCUT2D eigenvalue weighted by Crippen LogP contribution is -2.41. The fourth-order valence-corrected chi connectivity index (χ4v) is 3.75. The zero-order chi connectivity index (χ0) is 20.1. The summed E-state index contributed by atoms with van der Waals surface area (Å²) in [5.74, 6) is 0.616. The summed E-state index contributed by atoms with van der Waals surface area (Å²) in [4.78, 5) is 12.3. The average molecular weight is 425 g/mol. The van der Waals surface area contributed by atoms with E-state index in [1.807, 2.05) is 12.1 Å². The molecule has 28 heavy (non-hydrogen) atoms. The third-order valence-electron chi connectivity index (χ3n) is 4.15. The highest BCUT2D eigenvalue weighted by atomic mass is 35.5. The van der Waals surface area contributed by atoms with Crippen molar-refractivity contribution in [1.82, 2.24) is 5.32 Å². The van der Waals surface area contributed by atoms with Gasteiger partial charge in [0.05, 0.1) is 11.9 Å². The first-order valence-electron chi connectivity index (χ1n) is 8.71. The molecule has 7 nitrogen and oxygen atoms in total.